The Morgan fingerprint density at radius 2 is 1.86 bits per heavy atom. The van der Waals surface area contributed by atoms with Gasteiger partial charge in [-0.2, -0.15) is 0 Å². The summed E-state index contributed by atoms with van der Waals surface area (Å²) in [4.78, 5) is 15.4. The van der Waals surface area contributed by atoms with Gasteiger partial charge < -0.3 is 10.2 Å². The lowest BCUT2D eigenvalue weighted by molar-refractivity contribution is 0.0951. The van der Waals surface area contributed by atoms with E-state index in [9.17, 15) is 4.79 Å². The van der Waals surface area contributed by atoms with Crippen LogP contribution >= 0.6 is 11.8 Å². The molecule has 2 aromatic rings. The molecule has 21 heavy (non-hydrogen) atoms. The quantitative estimate of drug-likeness (QED) is 0.859. The molecule has 0 unspecified atom stereocenters. The monoisotopic (exact) mass is 300 g/mol. The third-order valence-electron chi connectivity index (χ3n) is 3.24. The highest BCUT2D eigenvalue weighted by atomic mass is 32.2. The molecule has 110 valence electrons. The zero-order chi connectivity index (χ0) is 15.2. The second kappa shape index (κ2) is 7.18. The van der Waals surface area contributed by atoms with E-state index in [1.807, 2.05) is 55.4 Å². The maximum atomic E-state index is 12.2. The SMILES string of the molecule is CSc1ccc(CNC(=O)c2cccc(N(C)C)c2)cc1. The van der Waals surface area contributed by atoms with Crippen molar-refractivity contribution in [3.8, 4) is 0 Å². The van der Waals surface area contributed by atoms with Gasteiger partial charge in [-0.3, -0.25) is 4.79 Å². The van der Waals surface area contributed by atoms with Crippen LogP contribution in [0.2, 0.25) is 0 Å². The molecule has 0 saturated heterocycles. The van der Waals surface area contributed by atoms with Crippen LogP contribution < -0.4 is 10.2 Å². The van der Waals surface area contributed by atoms with Crippen molar-refractivity contribution >= 4 is 23.4 Å². The van der Waals surface area contributed by atoms with E-state index in [1.165, 1.54) is 4.90 Å². The van der Waals surface area contributed by atoms with Gasteiger partial charge in [-0.1, -0.05) is 18.2 Å². The molecule has 0 aliphatic heterocycles. The topological polar surface area (TPSA) is 32.3 Å². The van der Waals surface area contributed by atoms with Gasteiger partial charge in [0.05, 0.1) is 0 Å². The average molecular weight is 300 g/mol. The third-order valence-corrected chi connectivity index (χ3v) is 3.98. The van der Waals surface area contributed by atoms with Crippen molar-refractivity contribution in [2.75, 3.05) is 25.3 Å². The normalized spacial score (nSPS) is 10.2. The summed E-state index contributed by atoms with van der Waals surface area (Å²) >= 11 is 1.71. The first-order chi connectivity index (χ1) is 10.1. The molecule has 1 amide bonds. The molecule has 2 aromatic carbocycles. The molecule has 0 aliphatic carbocycles. The van der Waals surface area contributed by atoms with Gasteiger partial charge >= 0.3 is 0 Å². The smallest absolute Gasteiger partial charge is 0.251 e. The van der Waals surface area contributed by atoms with E-state index in [-0.39, 0.29) is 5.91 Å². The summed E-state index contributed by atoms with van der Waals surface area (Å²) in [5.74, 6) is -0.0485. The summed E-state index contributed by atoms with van der Waals surface area (Å²) in [5.41, 5.74) is 2.80. The summed E-state index contributed by atoms with van der Waals surface area (Å²) in [5, 5.41) is 2.95. The molecule has 0 radical (unpaired) electrons. The number of benzene rings is 2. The summed E-state index contributed by atoms with van der Waals surface area (Å²) < 4.78 is 0. The molecule has 1 N–H and O–H groups in total. The van der Waals surface area contributed by atoms with E-state index in [0.717, 1.165) is 11.3 Å². The Morgan fingerprint density at radius 1 is 1.14 bits per heavy atom. The lowest BCUT2D eigenvalue weighted by Gasteiger charge is -2.13. The van der Waals surface area contributed by atoms with Crippen LogP contribution in [0.5, 0.6) is 0 Å². The lowest BCUT2D eigenvalue weighted by Crippen LogP contribution is -2.23. The van der Waals surface area contributed by atoms with E-state index in [0.29, 0.717) is 12.1 Å². The Hall–Kier alpha value is -1.94. The van der Waals surface area contributed by atoms with E-state index in [4.69, 9.17) is 0 Å². The van der Waals surface area contributed by atoms with E-state index in [1.54, 1.807) is 11.8 Å². The molecule has 0 aliphatic rings. The molecule has 0 spiro atoms. The number of rotatable bonds is 5. The highest BCUT2D eigenvalue weighted by Crippen LogP contribution is 2.15. The predicted octanol–water partition coefficient (Wildman–Crippen LogP) is 3.40. The fraction of sp³-hybridized carbons (Fsp3) is 0.235. The lowest BCUT2D eigenvalue weighted by atomic mass is 10.1. The van der Waals surface area contributed by atoms with Crippen LogP contribution in [0.4, 0.5) is 5.69 Å². The fourth-order valence-electron chi connectivity index (χ4n) is 1.95. The van der Waals surface area contributed by atoms with E-state index >= 15 is 0 Å². The van der Waals surface area contributed by atoms with Crippen molar-refractivity contribution in [2.45, 2.75) is 11.4 Å². The molecule has 2 rings (SSSR count). The van der Waals surface area contributed by atoms with Crippen molar-refractivity contribution in [2.24, 2.45) is 0 Å². The Bertz CT molecular complexity index is 608. The number of carbonyl (C=O) groups is 1. The Morgan fingerprint density at radius 3 is 2.48 bits per heavy atom. The molecule has 0 bridgehead atoms. The number of nitrogens with zero attached hydrogens (tertiary/aromatic N) is 1. The van der Waals surface area contributed by atoms with Crippen LogP contribution in [0, 0.1) is 0 Å². The second-order valence-electron chi connectivity index (χ2n) is 4.98. The summed E-state index contributed by atoms with van der Waals surface area (Å²) in [7, 11) is 3.93. The number of nitrogens with one attached hydrogen (secondary N) is 1. The van der Waals surface area contributed by atoms with Gasteiger partial charge in [0.2, 0.25) is 0 Å². The van der Waals surface area contributed by atoms with Crippen LogP contribution in [0.3, 0.4) is 0 Å². The minimum atomic E-state index is -0.0485. The van der Waals surface area contributed by atoms with Crippen molar-refractivity contribution in [3.05, 3.63) is 59.7 Å². The van der Waals surface area contributed by atoms with Crippen LogP contribution in [0.1, 0.15) is 15.9 Å². The highest BCUT2D eigenvalue weighted by molar-refractivity contribution is 7.98. The van der Waals surface area contributed by atoms with Gasteiger partial charge in [0.1, 0.15) is 0 Å². The standard InChI is InChI=1S/C17H20N2OS/c1-19(2)15-6-4-5-14(11-15)17(20)18-12-13-7-9-16(21-3)10-8-13/h4-11H,12H2,1-3H3,(H,18,20). The first kappa shape index (κ1) is 15.4. The van der Waals surface area contributed by atoms with Crippen LogP contribution in [-0.2, 0) is 6.54 Å². The van der Waals surface area contributed by atoms with Crippen molar-refractivity contribution in [1.82, 2.24) is 5.32 Å². The molecule has 0 saturated carbocycles. The van der Waals surface area contributed by atoms with Gasteiger partial charge in [-0.25, -0.2) is 0 Å². The number of hydrogen-bond donors (Lipinski definition) is 1. The first-order valence-corrected chi connectivity index (χ1v) is 8.01. The number of amides is 1. The van der Waals surface area contributed by atoms with Crippen LogP contribution in [-0.4, -0.2) is 26.3 Å². The number of hydrogen-bond acceptors (Lipinski definition) is 3. The van der Waals surface area contributed by atoms with Crippen molar-refractivity contribution < 1.29 is 4.79 Å². The first-order valence-electron chi connectivity index (χ1n) is 6.78. The molecular weight excluding hydrogens is 280 g/mol. The zero-order valence-corrected chi connectivity index (χ0v) is 13.4. The molecule has 0 fully saturated rings. The third kappa shape index (κ3) is 4.26. The van der Waals surface area contributed by atoms with Crippen molar-refractivity contribution in [3.63, 3.8) is 0 Å². The van der Waals surface area contributed by atoms with Gasteiger partial charge in [-0.05, 0) is 42.2 Å². The number of anilines is 1. The molecular formula is C17H20N2OS. The summed E-state index contributed by atoms with van der Waals surface area (Å²) in [6.07, 6.45) is 2.05. The van der Waals surface area contributed by atoms with Gasteiger partial charge in [0.15, 0.2) is 0 Å². The molecule has 0 atom stereocenters. The van der Waals surface area contributed by atoms with Gasteiger partial charge in [0, 0.05) is 36.8 Å². The number of thioether (sulfide) groups is 1. The van der Waals surface area contributed by atoms with Gasteiger partial charge in [-0.15, -0.1) is 11.8 Å². The molecule has 0 heterocycles. The summed E-state index contributed by atoms with van der Waals surface area (Å²) in [6, 6.07) is 15.8. The van der Waals surface area contributed by atoms with Crippen molar-refractivity contribution in [1.29, 1.82) is 0 Å². The molecule has 3 nitrogen and oxygen atoms in total. The van der Waals surface area contributed by atoms with E-state index < -0.39 is 0 Å². The van der Waals surface area contributed by atoms with Crippen LogP contribution in [0.15, 0.2) is 53.4 Å². The predicted molar refractivity (Wildman–Crippen MR) is 90.2 cm³/mol. The fourth-order valence-corrected chi connectivity index (χ4v) is 2.36. The number of carbonyl (C=O) groups excluding carboxylic acids is 1. The molecule has 4 heteroatoms. The largest absolute Gasteiger partial charge is 0.378 e. The van der Waals surface area contributed by atoms with Gasteiger partial charge in [0.25, 0.3) is 5.91 Å². The molecule has 0 aromatic heterocycles. The van der Waals surface area contributed by atoms with E-state index in [2.05, 4.69) is 23.7 Å². The Balaban J connectivity index is 1.99. The minimum absolute atomic E-state index is 0.0485. The highest BCUT2D eigenvalue weighted by Gasteiger charge is 2.06. The minimum Gasteiger partial charge on any atom is -0.378 e. The van der Waals surface area contributed by atoms with Crippen LogP contribution in [0.25, 0.3) is 0 Å². The maximum absolute atomic E-state index is 12.2. The summed E-state index contributed by atoms with van der Waals surface area (Å²) in [6.45, 7) is 0.541. The Kier molecular flexibility index (Phi) is 5.28. The second-order valence-corrected chi connectivity index (χ2v) is 5.86. The zero-order valence-electron chi connectivity index (χ0n) is 12.6. The average Bonchev–Trinajstić information content (AvgIpc) is 2.53. The maximum Gasteiger partial charge on any atom is 0.251 e. The Labute approximate surface area is 130 Å².